The van der Waals surface area contributed by atoms with Crippen LogP contribution in [0.1, 0.15) is 35.7 Å². The normalized spacial score (nSPS) is 21.2. The summed E-state index contributed by atoms with van der Waals surface area (Å²) >= 11 is 0. The first kappa shape index (κ1) is 22.5. The van der Waals surface area contributed by atoms with E-state index in [2.05, 4.69) is 57.7 Å². The van der Waals surface area contributed by atoms with Gasteiger partial charge in [0.1, 0.15) is 0 Å². The molecule has 2 unspecified atom stereocenters. The molecule has 2 fully saturated rings. The van der Waals surface area contributed by atoms with Crippen LogP contribution in [-0.2, 0) is 11.3 Å². The Kier molecular flexibility index (Phi) is 7.55. The zero-order valence-corrected chi connectivity index (χ0v) is 18.9. The number of rotatable bonds is 9. The standard InChI is InChI=1S/C26H34N4O2/c1-20-17-24(20)26(32)28-23-10-5-9-22(18-23)25(31)27-11-6-12-29-13-15-30(16-14-29)19-21-7-3-2-4-8-21/h2-5,7-10,18,20,24H,6,11-17,19H2,1H3,(H,27,31)(H,28,32). The highest BCUT2D eigenvalue weighted by molar-refractivity contribution is 5.98. The average molecular weight is 435 g/mol. The molecule has 1 saturated carbocycles. The number of anilines is 1. The SMILES string of the molecule is CC1CC1C(=O)Nc1cccc(C(=O)NCCCN2CCN(Cc3ccccc3)CC2)c1. The first-order valence-electron chi connectivity index (χ1n) is 11.8. The number of amides is 2. The summed E-state index contributed by atoms with van der Waals surface area (Å²) in [6.07, 6.45) is 1.88. The summed E-state index contributed by atoms with van der Waals surface area (Å²) in [4.78, 5) is 29.6. The van der Waals surface area contributed by atoms with Crippen molar-refractivity contribution in [3.8, 4) is 0 Å². The van der Waals surface area contributed by atoms with Crippen molar-refractivity contribution in [2.45, 2.75) is 26.3 Å². The number of piperazine rings is 1. The highest BCUT2D eigenvalue weighted by Gasteiger charge is 2.39. The van der Waals surface area contributed by atoms with Gasteiger partial charge in [-0.25, -0.2) is 0 Å². The Labute approximate surface area is 191 Å². The maximum atomic E-state index is 12.5. The summed E-state index contributed by atoms with van der Waals surface area (Å²) in [5, 5.41) is 5.94. The highest BCUT2D eigenvalue weighted by Crippen LogP contribution is 2.38. The van der Waals surface area contributed by atoms with Crippen molar-refractivity contribution in [1.82, 2.24) is 15.1 Å². The first-order valence-corrected chi connectivity index (χ1v) is 11.8. The van der Waals surface area contributed by atoms with E-state index in [4.69, 9.17) is 0 Å². The molecule has 0 radical (unpaired) electrons. The molecule has 1 aliphatic carbocycles. The number of carbonyl (C=O) groups is 2. The Morgan fingerprint density at radius 3 is 2.41 bits per heavy atom. The third-order valence-electron chi connectivity index (χ3n) is 6.49. The lowest BCUT2D eigenvalue weighted by molar-refractivity contribution is -0.117. The van der Waals surface area contributed by atoms with E-state index in [1.54, 1.807) is 12.1 Å². The smallest absolute Gasteiger partial charge is 0.251 e. The van der Waals surface area contributed by atoms with Crippen molar-refractivity contribution in [2.24, 2.45) is 11.8 Å². The van der Waals surface area contributed by atoms with Crippen molar-refractivity contribution < 1.29 is 9.59 Å². The third kappa shape index (κ3) is 6.40. The van der Waals surface area contributed by atoms with Gasteiger partial charge in [-0.05, 0) is 49.1 Å². The second kappa shape index (κ2) is 10.7. The molecule has 2 N–H and O–H groups in total. The van der Waals surface area contributed by atoms with Gasteiger partial charge in [0.25, 0.3) is 5.91 Å². The lowest BCUT2D eigenvalue weighted by Crippen LogP contribution is -2.46. The van der Waals surface area contributed by atoms with Crippen LogP contribution in [0, 0.1) is 11.8 Å². The summed E-state index contributed by atoms with van der Waals surface area (Å²) in [6, 6.07) is 17.8. The second-order valence-corrected chi connectivity index (χ2v) is 9.10. The van der Waals surface area contributed by atoms with Crippen LogP contribution in [0.5, 0.6) is 0 Å². The van der Waals surface area contributed by atoms with Gasteiger partial charge in [-0.15, -0.1) is 0 Å². The van der Waals surface area contributed by atoms with Gasteiger partial charge in [0.05, 0.1) is 0 Å². The van der Waals surface area contributed by atoms with Crippen LogP contribution in [0.25, 0.3) is 0 Å². The van der Waals surface area contributed by atoms with Crippen molar-refractivity contribution in [3.05, 3.63) is 65.7 Å². The minimum absolute atomic E-state index is 0.0546. The molecule has 2 amide bonds. The number of benzene rings is 2. The van der Waals surface area contributed by atoms with Crippen LogP contribution in [0.2, 0.25) is 0 Å². The summed E-state index contributed by atoms with van der Waals surface area (Å²) in [5.74, 6) is 0.550. The molecule has 2 aromatic rings. The number of hydrogen-bond donors (Lipinski definition) is 2. The lowest BCUT2D eigenvalue weighted by atomic mass is 10.1. The second-order valence-electron chi connectivity index (χ2n) is 9.10. The quantitative estimate of drug-likeness (QED) is 0.595. The van der Waals surface area contributed by atoms with E-state index < -0.39 is 0 Å². The van der Waals surface area contributed by atoms with Gasteiger partial charge < -0.3 is 15.5 Å². The topological polar surface area (TPSA) is 64.7 Å². The van der Waals surface area contributed by atoms with Crippen molar-refractivity contribution in [1.29, 1.82) is 0 Å². The van der Waals surface area contributed by atoms with Gasteiger partial charge in [-0.1, -0.05) is 43.3 Å². The summed E-state index contributed by atoms with van der Waals surface area (Å²) in [7, 11) is 0. The summed E-state index contributed by atoms with van der Waals surface area (Å²) in [5.41, 5.74) is 2.64. The molecule has 6 nitrogen and oxygen atoms in total. The Balaban J connectivity index is 1.13. The van der Waals surface area contributed by atoms with E-state index in [1.165, 1.54) is 5.56 Å². The number of hydrogen-bond acceptors (Lipinski definition) is 4. The van der Waals surface area contributed by atoms with E-state index in [9.17, 15) is 9.59 Å². The van der Waals surface area contributed by atoms with E-state index >= 15 is 0 Å². The predicted octanol–water partition coefficient (Wildman–Crippen LogP) is 3.22. The molecule has 0 bridgehead atoms. The zero-order valence-electron chi connectivity index (χ0n) is 18.9. The molecule has 2 aromatic carbocycles. The molecule has 170 valence electrons. The van der Waals surface area contributed by atoms with Crippen LogP contribution in [0.15, 0.2) is 54.6 Å². The lowest BCUT2D eigenvalue weighted by Gasteiger charge is -2.34. The number of nitrogens with zero attached hydrogens (tertiary/aromatic N) is 2. The van der Waals surface area contributed by atoms with Gasteiger partial charge in [-0.2, -0.15) is 0 Å². The highest BCUT2D eigenvalue weighted by atomic mass is 16.2. The molecule has 6 heteroatoms. The fourth-order valence-electron chi connectivity index (χ4n) is 4.28. The summed E-state index contributed by atoms with van der Waals surface area (Å²) in [6.45, 7) is 9.06. The molecular weight excluding hydrogens is 400 g/mol. The average Bonchev–Trinajstić information content (AvgIpc) is 3.55. The molecule has 1 heterocycles. The van der Waals surface area contributed by atoms with Crippen molar-refractivity contribution in [2.75, 3.05) is 44.6 Å². The fourth-order valence-corrected chi connectivity index (χ4v) is 4.28. The molecule has 4 rings (SSSR count). The minimum Gasteiger partial charge on any atom is -0.352 e. The summed E-state index contributed by atoms with van der Waals surface area (Å²) < 4.78 is 0. The van der Waals surface area contributed by atoms with Gasteiger partial charge in [0, 0.05) is 56.4 Å². The van der Waals surface area contributed by atoms with E-state index in [-0.39, 0.29) is 17.7 Å². The molecule has 0 spiro atoms. The Hall–Kier alpha value is -2.70. The Bertz CT molecular complexity index is 909. The first-order chi connectivity index (χ1) is 15.6. The largest absolute Gasteiger partial charge is 0.352 e. The molecule has 2 aliphatic rings. The van der Waals surface area contributed by atoms with E-state index in [1.807, 2.05) is 12.1 Å². The maximum absolute atomic E-state index is 12.5. The monoisotopic (exact) mass is 434 g/mol. The Morgan fingerprint density at radius 2 is 1.69 bits per heavy atom. The van der Waals surface area contributed by atoms with E-state index in [0.717, 1.165) is 52.1 Å². The van der Waals surface area contributed by atoms with Crippen LogP contribution in [-0.4, -0.2) is 60.9 Å². The van der Waals surface area contributed by atoms with Crippen molar-refractivity contribution in [3.63, 3.8) is 0 Å². The van der Waals surface area contributed by atoms with Crippen molar-refractivity contribution >= 4 is 17.5 Å². The third-order valence-corrected chi connectivity index (χ3v) is 6.49. The Morgan fingerprint density at radius 1 is 0.969 bits per heavy atom. The van der Waals surface area contributed by atoms with Gasteiger partial charge in [-0.3, -0.25) is 14.5 Å². The molecule has 0 aromatic heterocycles. The van der Waals surface area contributed by atoms with Crippen LogP contribution in [0.4, 0.5) is 5.69 Å². The van der Waals surface area contributed by atoms with Crippen LogP contribution >= 0.6 is 0 Å². The molecule has 32 heavy (non-hydrogen) atoms. The number of nitrogens with one attached hydrogen (secondary N) is 2. The molecule has 1 saturated heterocycles. The number of carbonyl (C=O) groups excluding carboxylic acids is 2. The molecular formula is C26H34N4O2. The van der Waals surface area contributed by atoms with Crippen LogP contribution < -0.4 is 10.6 Å². The minimum atomic E-state index is -0.0893. The fraction of sp³-hybridized carbons (Fsp3) is 0.462. The predicted molar refractivity (Wildman–Crippen MR) is 127 cm³/mol. The van der Waals surface area contributed by atoms with Crippen LogP contribution in [0.3, 0.4) is 0 Å². The van der Waals surface area contributed by atoms with Gasteiger partial charge in [0.15, 0.2) is 0 Å². The molecule has 2 atom stereocenters. The maximum Gasteiger partial charge on any atom is 0.251 e. The van der Waals surface area contributed by atoms with Gasteiger partial charge in [0.2, 0.25) is 5.91 Å². The molecule has 1 aliphatic heterocycles. The van der Waals surface area contributed by atoms with Gasteiger partial charge >= 0.3 is 0 Å². The zero-order chi connectivity index (χ0) is 22.3. The van der Waals surface area contributed by atoms with E-state index in [0.29, 0.717) is 23.7 Å².